The topological polar surface area (TPSA) is 27.7 Å². The van der Waals surface area contributed by atoms with Crippen LogP contribution < -0.4 is 5.32 Å². The molecule has 3 atom stereocenters. The normalized spacial score (nSPS) is 32.6. The predicted octanol–water partition coefficient (Wildman–Crippen LogP) is 0.389. The van der Waals surface area contributed by atoms with E-state index in [9.17, 15) is 0 Å². The number of piperazine rings is 1. The summed E-state index contributed by atoms with van der Waals surface area (Å²) in [6.07, 6.45) is 2.76. The summed E-state index contributed by atoms with van der Waals surface area (Å²) >= 11 is 0. The second-order valence-electron chi connectivity index (χ2n) is 5.50. The molecule has 0 aromatic rings. The van der Waals surface area contributed by atoms with Crippen molar-refractivity contribution in [3.63, 3.8) is 0 Å². The highest BCUT2D eigenvalue weighted by Gasteiger charge is 2.36. The highest BCUT2D eigenvalue weighted by molar-refractivity contribution is 4.93. The number of nitrogens with one attached hydrogen (secondary N) is 1. The first-order chi connectivity index (χ1) is 8.26. The molecule has 0 amide bonds. The fourth-order valence-electron chi connectivity index (χ4n) is 3.42. The van der Waals surface area contributed by atoms with Gasteiger partial charge in [-0.05, 0) is 33.4 Å². The van der Waals surface area contributed by atoms with E-state index in [1.807, 2.05) is 7.05 Å². The lowest BCUT2D eigenvalue weighted by atomic mass is 10.1. The SMILES string of the molecule is CNCC(COC)N1CC2CCCN2CC1C. The van der Waals surface area contributed by atoms with Crippen LogP contribution in [0.3, 0.4) is 0 Å². The standard InChI is InChI=1S/C13H27N3O/c1-11-8-15-6-4-5-12(15)9-16(11)13(7-14-2)10-17-3/h11-14H,4-10H2,1-3H3. The minimum absolute atomic E-state index is 0.516. The third kappa shape index (κ3) is 2.99. The van der Waals surface area contributed by atoms with Gasteiger partial charge in [0.25, 0.3) is 0 Å². The first-order valence-electron chi connectivity index (χ1n) is 6.89. The van der Waals surface area contributed by atoms with Crippen LogP contribution in [0.25, 0.3) is 0 Å². The highest BCUT2D eigenvalue weighted by atomic mass is 16.5. The first kappa shape index (κ1) is 13.3. The van der Waals surface area contributed by atoms with Crippen molar-refractivity contribution in [3.8, 4) is 0 Å². The molecule has 0 spiro atoms. The van der Waals surface area contributed by atoms with E-state index < -0.39 is 0 Å². The second-order valence-corrected chi connectivity index (χ2v) is 5.50. The van der Waals surface area contributed by atoms with Crippen molar-refractivity contribution in [2.24, 2.45) is 0 Å². The Morgan fingerprint density at radius 1 is 1.41 bits per heavy atom. The van der Waals surface area contributed by atoms with Crippen LogP contribution in [0.2, 0.25) is 0 Å². The van der Waals surface area contributed by atoms with Crippen LogP contribution in [0, 0.1) is 0 Å². The summed E-state index contributed by atoms with van der Waals surface area (Å²) in [6, 6.07) is 1.96. The van der Waals surface area contributed by atoms with Gasteiger partial charge in [0.15, 0.2) is 0 Å². The molecule has 2 fully saturated rings. The van der Waals surface area contributed by atoms with E-state index >= 15 is 0 Å². The largest absolute Gasteiger partial charge is 0.383 e. The lowest BCUT2D eigenvalue weighted by Gasteiger charge is -2.45. The molecule has 2 heterocycles. The number of nitrogens with zero attached hydrogens (tertiary/aromatic N) is 2. The molecule has 0 aromatic heterocycles. The van der Waals surface area contributed by atoms with Gasteiger partial charge in [-0.3, -0.25) is 9.80 Å². The van der Waals surface area contributed by atoms with Gasteiger partial charge in [0.05, 0.1) is 6.61 Å². The molecule has 0 radical (unpaired) electrons. The summed E-state index contributed by atoms with van der Waals surface area (Å²) in [6.45, 7) is 7.96. The summed E-state index contributed by atoms with van der Waals surface area (Å²) < 4.78 is 5.37. The van der Waals surface area contributed by atoms with Gasteiger partial charge in [-0.25, -0.2) is 0 Å². The average Bonchev–Trinajstić information content (AvgIpc) is 2.74. The van der Waals surface area contributed by atoms with Crippen LogP contribution in [0.1, 0.15) is 19.8 Å². The zero-order chi connectivity index (χ0) is 12.3. The number of ether oxygens (including phenoxy) is 1. The number of rotatable bonds is 5. The molecule has 4 nitrogen and oxygen atoms in total. The number of likely N-dealkylation sites (N-methyl/N-ethyl adjacent to an activating group) is 1. The van der Waals surface area contributed by atoms with Gasteiger partial charge in [0.2, 0.25) is 0 Å². The summed E-state index contributed by atoms with van der Waals surface area (Å²) in [5.41, 5.74) is 0. The Morgan fingerprint density at radius 2 is 2.24 bits per heavy atom. The van der Waals surface area contributed by atoms with Gasteiger partial charge >= 0.3 is 0 Å². The lowest BCUT2D eigenvalue weighted by Crippen LogP contribution is -2.60. The molecule has 3 unspecified atom stereocenters. The number of fused-ring (bicyclic) bond motifs is 1. The Labute approximate surface area is 105 Å². The maximum atomic E-state index is 5.37. The zero-order valence-corrected chi connectivity index (χ0v) is 11.5. The molecule has 0 saturated carbocycles. The van der Waals surface area contributed by atoms with Crippen LogP contribution >= 0.6 is 0 Å². The van der Waals surface area contributed by atoms with Gasteiger partial charge < -0.3 is 10.1 Å². The van der Waals surface area contributed by atoms with Gasteiger partial charge in [0.1, 0.15) is 0 Å². The van der Waals surface area contributed by atoms with Crippen molar-refractivity contribution < 1.29 is 4.74 Å². The Kier molecular flexibility index (Phi) is 4.79. The molecule has 100 valence electrons. The van der Waals surface area contributed by atoms with E-state index in [0.717, 1.165) is 19.2 Å². The molecule has 0 bridgehead atoms. The number of hydrogen-bond donors (Lipinski definition) is 1. The average molecular weight is 241 g/mol. The van der Waals surface area contributed by atoms with E-state index in [0.29, 0.717) is 12.1 Å². The van der Waals surface area contributed by atoms with Crippen LogP contribution in [0.15, 0.2) is 0 Å². The maximum Gasteiger partial charge on any atom is 0.0630 e. The van der Waals surface area contributed by atoms with Crippen molar-refractivity contribution in [1.29, 1.82) is 0 Å². The molecule has 2 saturated heterocycles. The number of hydrogen-bond acceptors (Lipinski definition) is 4. The first-order valence-corrected chi connectivity index (χ1v) is 6.89. The van der Waals surface area contributed by atoms with Gasteiger partial charge in [-0.1, -0.05) is 0 Å². The summed E-state index contributed by atoms with van der Waals surface area (Å²) in [5.74, 6) is 0. The van der Waals surface area contributed by atoms with Crippen LogP contribution in [-0.2, 0) is 4.74 Å². The van der Waals surface area contributed by atoms with Crippen molar-refractivity contribution in [3.05, 3.63) is 0 Å². The molecule has 17 heavy (non-hydrogen) atoms. The van der Waals surface area contributed by atoms with E-state index in [4.69, 9.17) is 4.74 Å². The Morgan fingerprint density at radius 3 is 2.94 bits per heavy atom. The van der Waals surface area contributed by atoms with E-state index in [1.54, 1.807) is 7.11 Å². The molecule has 4 heteroatoms. The third-order valence-electron chi connectivity index (χ3n) is 4.25. The maximum absolute atomic E-state index is 5.37. The quantitative estimate of drug-likeness (QED) is 0.753. The van der Waals surface area contributed by atoms with Gasteiger partial charge in [0, 0.05) is 44.9 Å². The Hall–Kier alpha value is -0.160. The molecule has 0 aromatic carbocycles. The second kappa shape index (κ2) is 6.14. The fraction of sp³-hybridized carbons (Fsp3) is 1.00. The van der Waals surface area contributed by atoms with Crippen molar-refractivity contribution >= 4 is 0 Å². The van der Waals surface area contributed by atoms with Gasteiger partial charge in [-0.15, -0.1) is 0 Å². The zero-order valence-electron chi connectivity index (χ0n) is 11.5. The highest BCUT2D eigenvalue weighted by Crippen LogP contribution is 2.25. The van der Waals surface area contributed by atoms with Crippen molar-refractivity contribution in [2.75, 3.05) is 46.9 Å². The van der Waals surface area contributed by atoms with E-state index in [1.165, 1.54) is 32.5 Å². The van der Waals surface area contributed by atoms with Gasteiger partial charge in [-0.2, -0.15) is 0 Å². The predicted molar refractivity (Wildman–Crippen MR) is 70.4 cm³/mol. The molecule has 2 aliphatic rings. The third-order valence-corrected chi connectivity index (χ3v) is 4.25. The Balaban J connectivity index is 1.97. The molecular weight excluding hydrogens is 214 g/mol. The smallest absolute Gasteiger partial charge is 0.0630 e. The molecule has 2 aliphatic heterocycles. The minimum Gasteiger partial charge on any atom is -0.383 e. The summed E-state index contributed by atoms with van der Waals surface area (Å²) in [7, 11) is 3.83. The summed E-state index contributed by atoms with van der Waals surface area (Å²) in [4.78, 5) is 5.32. The molecule has 1 N–H and O–H groups in total. The van der Waals surface area contributed by atoms with Crippen LogP contribution in [0.4, 0.5) is 0 Å². The van der Waals surface area contributed by atoms with E-state index in [-0.39, 0.29) is 0 Å². The van der Waals surface area contributed by atoms with Crippen LogP contribution in [-0.4, -0.2) is 74.9 Å². The Bertz CT molecular complexity index is 231. The van der Waals surface area contributed by atoms with Crippen molar-refractivity contribution in [2.45, 2.75) is 37.9 Å². The molecule has 2 rings (SSSR count). The fourth-order valence-corrected chi connectivity index (χ4v) is 3.42. The molecular formula is C13H27N3O. The summed E-state index contributed by atoms with van der Waals surface area (Å²) in [5, 5.41) is 3.29. The van der Waals surface area contributed by atoms with E-state index in [2.05, 4.69) is 22.0 Å². The van der Waals surface area contributed by atoms with Crippen molar-refractivity contribution in [1.82, 2.24) is 15.1 Å². The number of methoxy groups -OCH3 is 1. The lowest BCUT2D eigenvalue weighted by molar-refractivity contribution is 0.00104. The molecule has 0 aliphatic carbocycles. The monoisotopic (exact) mass is 241 g/mol. The minimum atomic E-state index is 0.516. The van der Waals surface area contributed by atoms with Crippen LogP contribution in [0.5, 0.6) is 0 Å².